The molecule has 1 aliphatic carbocycles. The molecule has 28 heavy (non-hydrogen) atoms. The molecule has 0 radical (unpaired) electrons. The highest BCUT2D eigenvalue weighted by Gasteiger charge is 2.26. The quantitative estimate of drug-likeness (QED) is 0.786. The number of fused-ring (bicyclic) bond motifs is 1. The van der Waals surface area contributed by atoms with E-state index in [1.165, 1.54) is 0 Å². The van der Waals surface area contributed by atoms with Crippen molar-refractivity contribution in [3.63, 3.8) is 0 Å². The van der Waals surface area contributed by atoms with Crippen LogP contribution in [0.15, 0.2) is 15.4 Å². The maximum atomic E-state index is 12.7. The first-order chi connectivity index (χ1) is 13.5. The summed E-state index contributed by atoms with van der Waals surface area (Å²) in [5, 5.41) is 8.47. The van der Waals surface area contributed by atoms with Crippen LogP contribution in [0.2, 0.25) is 0 Å². The Labute approximate surface area is 164 Å². The van der Waals surface area contributed by atoms with Gasteiger partial charge in [0.25, 0.3) is 11.5 Å². The Bertz CT molecular complexity index is 905. The number of piperazine rings is 1. The topological polar surface area (TPSA) is 84.5 Å². The lowest BCUT2D eigenvalue weighted by molar-refractivity contribution is 0.0629. The molecule has 0 unspecified atom stereocenters. The number of carbonyl (C=O) groups excluding carboxylic acids is 1. The minimum atomic E-state index is -0.0107. The number of amides is 1. The van der Waals surface area contributed by atoms with E-state index in [0.717, 1.165) is 56.6 Å². The van der Waals surface area contributed by atoms with Crippen molar-refractivity contribution in [3.05, 3.63) is 44.7 Å². The molecule has 0 N–H and O–H groups in total. The van der Waals surface area contributed by atoms with Crippen molar-refractivity contribution in [2.24, 2.45) is 0 Å². The van der Waals surface area contributed by atoms with Gasteiger partial charge in [-0.2, -0.15) is 5.10 Å². The lowest BCUT2D eigenvalue weighted by Crippen LogP contribution is -2.49. The van der Waals surface area contributed by atoms with Gasteiger partial charge >= 0.3 is 0 Å². The van der Waals surface area contributed by atoms with Crippen molar-refractivity contribution < 1.29 is 9.32 Å². The summed E-state index contributed by atoms with van der Waals surface area (Å²) in [4.78, 5) is 29.2. The molecule has 2 aliphatic rings. The summed E-state index contributed by atoms with van der Waals surface area (Å²) in [6.07, 6.45) is 4.24. The summed E-state index contributed by atoms with van der Waals surface area (Å²) in [6, 6.07) is 1.77. The Morgan fingerprint density at radius 1 is 1.11 bits per heavy atom. The molecule has 1 amide bonds. The first-order valence-electron chi connectivity index (χ1n) is 10.1. The van der Waals surface area contributed by atoms with E-state index in [0.29, 0.717) is 36.7 Å². The Balaban J connectivity index is 1.33. The molecule has 150 valence electrons. The predicted molar refractivity (Wildman–Crippen MR) is 103 cm³/mol. The second kappa shape index (κ2) is 7.87. The molecule has 0 bridgehead atoms. The average molecular weight is 385 g/mol. The Hall–Kier alpha value is -2.48. The van der Waals surface area contributed by atoms with Crippen LogP contribution in [-0.4, -0.2) is 63.4 Å². The number of aromatic nitrogens is 3. The first kappa shape index (κ1) is 18.9. The van der Waals surface area contributed by atoms with Crippen LogP contribution in [0, 0.1) is 13.8 Å². The van der Waals surface area contributed by atoms with Gasteiger partial charge in [-0.3, -0.25) is 14.5 Å². The van der Waals surface area contributed by atoms with Gasteiger partial charge < -0.3 is 9.42 Å². The minimum absolute atomic E-state index is 0.00660. The van der Waals surface area contributed by atoms with Crippen LogP contribution in [0.1, 0.15) is 45.9 Å². The van der Waals surface area contributed by atoms with Gasteiger partial charge in [0.2, 0.25) is 0 Å². The van der Waals surface area contributed by atoms with Crippen molar-refractivity contribution in [2.45, 2.75) is 46.1 Å². The number of hydrogen-bond donors (Lipinski definition) is 0. The monoisotopic (exact) mass is 385 g/mol. The average Bonchev–Trinajstić information content (AvgIpc) is 3.04. The van der Waals surface area contributed by atoms with Gasteiger partial charge in [0, 0.05) is 38.8 Å². The zero-order chi connectivity index (χ0) is 19.7. The molecule has 1 fully saturated rings. The Morgan fingerprint density at radius 3 is 2.57 bits per heavy atom. The van der Waals surface area contributed by atoms with Crippen molar-refractivity contribution in [2.75, 3.05) is 32.7 Å². The molecule has 0 aromatic carbocycles. The predicted octanol–water partition coefficient (Wildman–Crippen LogP) is 1.18. The number of rotatable bonds is 4. The summed E-state index contributed by atoms with van der Waals surface area (Å²) < 4.78 is 6.72. The standard InChI is InChI=1S/C20H27N5O3/c1-14-19(15(2)28-22-14)20(27)24-10-7-23(8-11-24)9-12-25-18(26)13-16-5-3-4-6-17(16)21-25/h13H,3-12H2,1-2H3. The third-order valence-corrected chi connectivity index (χ3v) is 5.81. The second-order valence-corrected chi connectivity index (χ2v) is 7.72. The van der Waals surface area contributed by atoms with Crippen LogP contribution < -0.4 is 5.56 Å². The van der Waals surface area contributed by atoms with Gasteiger partial charge in [0.05, 0.1) is 17.9 Å². The van der Waals surface area contributed by atoms with Crippen LogP contribution in [0.3, 0.4) is 0 Å². The highest BCUT2D eigenvalue weighted by molar-refractivity contribution is 5.96. The van der Waals surface area contributed by atoms with E-state index in [9.17, 15) is 9.59 Å². The zero-order valence-electron chi connectivity index (χ0n) is 16.6. The summed E-state index contributed by atoms with van der Waals surface area (Å²) in [7, 11) is 0. The fraction of sp³-hybridized carbons (Fsp3) is 0.600. The van der Waals surface area contributed by atoms with Crippen LogP contribution in [-0.2, 0) is 19.4 Å². The van der Waals surface area contributed by atoms with E-state index in [1.54, 1.807) is 24.6 Å². The maximum absolute atomic E-state index is 12.7. The zero-order valence-corrected chi connectivity index (χ0v) is 16.6. The Kier molecular flexibility index (Phi) is 5.30. The van der Waals surface area contributed by atoms with Crippen LogP contribution >= 0.6 is 0 Å². The third-order valence-electron chi connectivity index (χ3n) is 5.81. The van der Waals surface area contributed by atoms with Crippen molar-refractivity contribution in [3.8, 4) is 0 Å². The number of hydrogen-bond acceptors (Lipinski definition) is 6. The summed E-state index contributed by atoms with van der Waals surface area (Å²) in [5.41, 5.74) is 3.42. The molecule has 1 saturated heterocycles. The molecule has 4 rings (SSSR count). The van der Waals surface area contributed by atoms with Crippen molar-refractivity contribution in [1.29, 1.82) is 0 Å². The fourth-order valence-electron chi connectivity index (χ4n) is 4.12. The summed E-state index contributed by atoms with van der Waals surface area (Å²) >= 11 is 0. The van der Waals surface area contributed by atoms with Gasteiger partial charge in [-0.25, -0.2) is 4.68 Å². The highest BCUT2D eigenvalue weighted by Crippen LogP contribution is 2.18. The fourth-order valence-corrected chi connectivity index (χ4v) is 4.12. The first-order valence-corrected chi connectivity index (χ1v) is 10.1. The van der Waals surface area contributed by atoms with E-state index in [4.69, 9.17) is 4.52 Å². The van der Waals surface area contributed by atoms with Crippen LogP contribution in [0.25, 0.3) is 0 Å². The molecule has 3 heterocycles. The van der Waals surface area contributed by atoms with E-state index in [2.05, 4.69) is 15.2 Å². The molecule has 1 aliphatic heterocycles. The molecule has 2 aromatic rings. The SMILES string of the molecule is Cc1noc(C)c1C(=O)N1CCN(CCn2nc3c(cc2=O)CCCC3)CC1. The smallest absolute Gasteiger partial charge is 0.267 e. The summed E-state index contributed by atoms with van der Waals surface area (Å²) in [6.45, 7) is 7.81. The van der Waals surface area contributed by atoms with Gasteiger partial charge in [-0.15, -0.1) is 0 Å². The normalized spacial score (nSPS) is 17.6. The molecule has 0 spiro atoms. The van der Waals surface area contributed by atoms with E-state index < -0.39 is 0 Å². The van der Waals surface area contributed by atoms with E-state index in [-0.39, 0.29) is 11.5 Å². The maximum Gasteiger partial charge on any atom is 0.267 e. The minimum Gasteiger partial charge on any atom is -0.361 e. The molecule has 0 atom stereocenters. The molecular formula is C20H27N5O3. The molecule has 8 nitrogen and oxygen atoms in total. The number of nitrogens with zero attached hydrogens (tertiary/aromatic N) is 5. The highest BCUT2D eigenvalue weighted by atomic mass is 16.5. The molecular weight excluding hydrogens is 358 g/mol. The van der Waals surface area contributed by atoms with E-state index in [1.807, 2.05) is 4.90 Å². The van der Waals surface area contributed by atoms with Crippen LogP contribution in [0.5, 0.6) is 0 Å². The van der Waals surface area contributed by atoms with E-state index >= 15 is 0 Å². The van der Waals surface area contributed by atoms with Gasteiger partial charge in [0.1, 0.15) is 11.3 Å². The van der Waals surface area contributed by atoms with Crippen LogP contribution in [0.4, 0.5) is 0 Å². The third kappa shape index (κ3) is 3.73. The van der Waals surface area contributed by atoms with Crippen molar-refractivity contribution >= 4 is 5.91 Å². The number of aryl methyl sites for hydroxylation is 4. The lowest BCUT2D eigenvalue weighted by atomic mass is 9.97. The molecule has 2 aromatic heterocycles. The second-order valence-electron chi connectivity index (χ2n) is 7.72. The lowest BCUT2D eigenvalue weighted by Gasteiger charge is -2.34. The van der Waals surface area contributed by atoms with Gasteiger partial charge in [-0.1, -0.05) is 5.16 Å². The van der Waals surface area contributed by atoms with Gasteiger partial charge in [0.15, 0.2) is 0 Å². The van der Waals surface area contributed by atoms with Gasteiger partial charge in [-0.05, 0) is 45.1 Å². The van der Waals surface area contributed by atoms with Crippen molar-refractivity contribution in [1.82, 2.24) is 24.7 Å². The molecule has 8 heteroatoms. The number of carbonyl (C=O) groups is 1. The largest absolute Gasteiger partial charge is 0.361 e. The summed E-state index contributed by atoms with van der Waals surface area (Å²) in [5.74, 6) is 0.561. The Morgan fingerprint density at radius 2 is 1.86 bits per heavy atom. The molecule has 0 saturated carbocycles.